The zero-order chi connectivity index (χ0) is 20.6. The van der Waals surface area contributed by atoms with Crippen LogP contribution in [0.2, 0.25) is 0 Å². The molecule has 150 valence electrons. The minimum absolute atomic E-state index is 0.428. The van der Waals surface area contributed by atoms with Gasteiger partial charge in [0.05, 0.1) is 18.3 Å². The zero-order valence-corrected chi connectivity index (χ0v) is 17.7. The molecule has 0 N–H and O–H groups in total. The quantitative estimate of drug-likeness (QED) is 0.591. The van der Waals surface area contributed by atoms with Gasteiger partial charge in [0, 0.05) is 5.46 Å². The summed E-state index contributed by atoms with van der Waals surface area (Å²) in [5.74, 6) is 1.58. The van der Waals surface area contributed by atoms with Crippen LogP contribution in [0.5, 0.6) is 11.5 Å². The molecule has 1 fully saturated rings. The fraction of sp³-hybridized carbons (Fsp3) is 0.333. The Bertz CT molecular complexity index is 998. The van der Waals surface area contributed by atoms with Crippen LogP contribution < -0.4 is 14.9 Å². The number of methoxy groups -OCH3 is 1. The van der Waals surface area contributed by atoms with Gasteiger partial charge < -0.3 is 18.8 Å². The van der Waals surface area contributed by atoms with Crippen LogP contribution in [0.15, 0.2) is 60.7 Å². The van der Waals surface area contributed by atoms with Crippen LogP contribution >= 0.6 is 0 Å². The molecular formula is C24H27BO4. The minimum atomic E-state index is -0.511. The monoisotopic (exact) mass is 390 g/mol. The van der Waals surface area contributed by atoms with E-state index in [-0.39, 0.29) is 0 Å². The van der Waals surface area contributed by atoms with E-state index in [1.54, 1.807) is 7.11 Å². The van der Waals surface area contributed by atoms with Gasteiger partial charge in [0.1, 0.15) is 18.1 Å². The first-order valence-corrected chi connectivity index (χ1v) is 9.94. The van der Waals surface area contributed by atoms with Gasteiger partial charge >= 0.3 is 7.12 Å². The number of rotatable bonds is 5. The van der Waals surface area contributed by atoms with E-state index in [0.717, 1.165) is 33.3 Å². The third-order valence-electron chi connectivity index (χ3n) is 5.95. The first kappa shape index (κ1) is 19.8. The summed E-state index contributed by atoms with van der Waals surface area (Å²) in [7, 11) is 1.16. The number of benzene rings is 3. The molecule has 0 unspecified atom stereocenters. The molecule has 1 aliphatic heterocycles. The van der Waals surface area contributed by atoms with E-state index in [2.05, 4.69) is 39.8 Å². The summed E-state index contributed by atoms with van der Waals surface area (Å²) in [4.78, 5) is 0. The minimum Gasteiger partial charge on any atom is -0.497 e. The van der Waals surface area contributed by atoms with Crippen molar-refractivity contribution in [2.75, 3.05) is 7.11 Å². The van der Waals surface area contributed by atoms with Gasteiger partial charge in [0.2, 0.25) is 0 Å². The van der Waals surface area contributed by atoms with Gasteiger partial charge in [-0.25, -0.2) is 0 Å². The zero-order valence-electron chi connectivity index (χ0n) is 17.7. The third-order valence-corrected chi connectivity index (χ3v) is 5.95. The van der Waals surface area contributed by atoms with E-state index >= 15 is 0 Å². The van der Waals surface area contributed by atoms with E-state index in [0.29, 0.717) is 6.61 Å². The highest BCUT2D eigenvalue weighted by atomic mass is 16.7. The maximum atomic E-state index is 6.37. The summed E-state index contributed by atoms with van der Waals surface area (Å²) in [6.07, 6.45) is 0. The van der Waals surface area contributed by atoms with Gasteiger partial charge in [-0.1, -0.05) is 42.5 Å². The Balaban J connectivity index is 1.77. The lowest BCUT2D eigenvalue weighted by atomic mass is 9.75. The summed E-state index contributed by atoms with van der Waals surface area (Å²) in [5, 5.41) is 2.09. The molecule has 1 aliphatic rings. The molecule has 5 heteroatoms. The molecule has 0 saturated carbocycles. The maximum absolute atomic E-state index is 6.37. The maximum Gasteiger partial charge on any atom is 0.499 e. The smallest absolute Gasteiger partial charge is 0.497 e. The van der Waals surface area contributed by atoms with Crippen molar-refractivity contribution in [2.24, 2.45) is 0 Å². The average molecular weight is 390 g/mol. The molecule has 29 heavy (non-hydrogen) atoms. The van der Waals surface area contributed by atoms with Crippen LogP contribution in [0.3, 0.4) is 0 Å². The van der Waals surface area contributed by atoms with Crippen molar-refractivity contribution in [3.05, 3.63) is 66.2 Å². The summed E-state index contributed by atoms with van der Waals surface area (Å²) >= 11 is 0. The van der Waals surface area contributed by atoms with Crippen molar-refractivity contribution in [1.82, 2.24) is 0 Å². The van der Waals surface area contributed by atoms with Crippen molar-refractivity contribution in [2.45, 2.75) is 45.5 Å². The summed E-state index contributed by atoms with van der Waals surface area (Å²) in [5.41, 5.74) is 1.17. The van der Waals surface area contributed by atoms with Gasteiger partial charge in [-0.3, -0.25) is 0 Å². The number of ether oxygens (including phenoxy) is 2. The van der Waals surface area contributed by atoms with Crippen LogP contribution in [0.25, 0.3) is 10.8 Å². The van der Waals surface area contributed by atoms with E-state index in [4.69, 9.17) is 18.8 Å². The molecule has 4 rings (SSSR count). The van der Waals surface area contributed by atoms with Crippen LogP contribution in [0.4, 0.5) is 0 Å². The topological polar surface area (TPSA) is 36.9 Å². The van der Waals surface area contributed by atoms with Crippen molar-refractivity contribution in [1.29, 1.82) is 0 Å². The first-order chi connectivity index (χ1) is 13.8. The molecule has 0 radical (unpaired) electrons. The molecule has 4 nitrogen and oxygen atoms in total. The van der Waals surface area contributed by atoms with Crippen molar-refractivity contribution >= 4 is 23.4 Å². The molecule has 0 aliphatic carbocycles. The second-order valence-corrected chi connectivity index (χ2v) is 8.43. The summed E-state index contributed by atoms with van der Waals surface area (Å²) < 4.78 is 24.4. The Morgan fingerprint density at radius 2 is 1.55 bits per heavy atom. The molecule has 0 amide bonds. The normalized spacial score (nSPS) is 17.5. The summed E-state index contributed by atoms with van der Waals surface area (Å²) in [6, 6.07) is 20.2. The lowest BCUT2D eigenvalue weighted by molar-refractivity contribution is 0.00578. The molecule has 3 aromatic carbocycles. The fourth-order valence-electron chi connectivity index (χ4n) is 3.50. The largest absolute Gasteiger partial charge is 0.499 e. The Labute approximate surface area is 172 Å². The van der Waals surface area contributed by atoms with Crippen LogP contribution in [-0.4, -0.2) is 25.4 Å². The lowest BCUT2D eigenvalue weighted by Crippen LogP contribution is -2.41. The standard InChI is InChI=1S/C24H27BO4/c1-23(2)24(3,4)29-25(28-23)22-20-13-12-19(26-5)15-18(20)11-14-21(22)27-16-17-9-7-6-8-10-17/h6-15H,16H2,1-5H3. The van der Waals surface area contributed by atoms with Gasteiger partial charge in [-0.2, -0.15) is 0 Å². The molecule has 1 heterocycles. The van der Waals surface area contributed by atoms with E-state index in [1.165, 1.54) is 0 Å². The van der Waals surface area contributed by atoms with Crippen molar-refractivity contribution in [3.63, 3.8) is 0 Å². The van der Waals surface area contributed by atoms with Crippen LogP contribution in [-0.2, 0) is 15.9 Å². The molecule has 3 aromatic rings. The Morgan fingerprint density at radius 3 is 2.21 bits per heavy atom. The van der Waals surface area contributed by atoms with Crippen molar-refractivity contribution in [3.8, 4) is 11.5 Å². The van der Waals surface area contributed by atoms with Gasteiger partial charge in [-0.15, -0.1) is 0 Å². The van der Waals surface area contributed by atoms with Crippen molar-refractivity contribution < 1.29 is 18.8 Å². The second kappa shape index (κ2) is 7.40. The predicted molar refractivity (Wildman–Crippen MR) is 117 cm³/mol. The van der Waals surface area contributed by atoms with Gasteiger partial charge in [0.15, 0.2) is 0 Å². The lowest BCUT2D eigenvalue weighted by Gasteiger charge is -2.32. The highest BCUT2D eigenvalue weighted by Gasteiger charge is 2.53. The first-order valence-electron chi connectivity index (χ1n) is 9.94. The molecule has 1 saturated heterocycles. The fourth-order valence-corrected chi connectivity index (χ4v) is 3.50. The number of fused-ring (bicyclic) bond motifs is 1. The summed E-state index contributed by atoms with van der Waals surface area (Å²) in [6.45, 7) is 8.73. The Kier molecular flexibility index (Phi) is 5.05. The third kappa shape index (κ3) is 3.72. The Hall–Kier alpha value is -2.50. The Morgan fingerprint density at radius 1 is 0.862 bits per heavy atom. The van der Waals surface area contributed by atoms with Crippen LogP contribution in [0, 0.1) is 0 Å². The van der Waals surface area contributed by atoms with E-state index in [9.17, 15) is 0 Å². The second-order valence-electron chi connectivity index (χ2n) is 8.43. The molecule has 0 bridgehead atoms. The number of hydrogen-bond donors (Lipinski definition) is 0. The molecule has 0 atom stereocenters. The highest BCUT2D eigenvalue weighted by molar-refractivity contribution is 6.66. The SMILES string of the molecule is COc1ccc2c(B3OC(C)(C)C(C)(C)O3)c(OCc3ccccc3)ccc2c1. The average Bonchev–Trinajstić information content (AvgIpc) is 2.93. The highest BCUT2D eigenvalue weighted by Crippen LogP contribution is 2.38. The number of hydrogen-bond acceptors (Lipinski definition) is 4. The van der Waals surface area contributed by atoms with Gasteiger partial charge in [0.25, 0.3) is 0 Å². The molecule has 0 spiro atoms. The van der Waals surface area contributed by atoms with Crippen LogP contribution in [0.1, 0.15) is 33.3 Å². The van der Waals surface area contributed by atoms with E-state index in [1.807, 2.05) is 48.5 Å². The van der Waals surface area contributed by atoms with Gasteiger partial charge in [-0.05, 0) is 62.2 Å². The molecule has 0 aromatic heterocycles. The van der Waals surface area contributed by atoms with E-state index < -0.39 is 18.3 Å². The predicted octanol–water partition coefficient (Wildman–Crippen LogP) is 4.73. The molecular weight excluding hydrogens is 363 g/mol.